The summed E-state index contributed by atoms with van der Waals surface area (Å²) in [5.41, 5.74) is 2.88. The molecule has 3 aromatic carbocycles. The lowest BCUT2D eigenvalue weighted by atomic mass is 10.0. The second kappa shape index (κ2) is 8.69. The first-order valence-electron chi connectivity index (χ1n) is 10.1. The molecule has 0 bridgehead atoms. The van der Waals surface area contributed by atoms with Crippen molar-refractivity contribution in [3.05, 3.63) is 102 Å². The van der Waals surface area contributed by atoms with E-state index in [0.29, 0.717) is 17.2 Å². The summed E-state index contributed by atoms with van der Waals surface area (Å²) in [5, 5.41) is 7.10. The van der Waals surface area contributed by atoms with Crippen molar-refractivity contribution in [2.24, 2.45) is 0 Å². The standard InChI is InChI=1S/C26H18FN3OS/c27-21-11-9-19(10-12-21)22-16-28-26(25(29-22)23-6-3-13-32-23)30-24(31)15-17-7-8-18-4-1-2-5-20(18)14-17/h1-14,16H,15H2,(H,28,30,31). The zero-order valence-corrected chi connectivity index (χ0v) is 17.8. The maximum absolute atomic E-state index is 13.3. The van der Waals surface area contributed by atoms with Crippen molar-refractivity contribution in [3.8, 4) is 21.8 Å². The minimum atomic E-state index is -0.308. The van der Waals surface area contributed by atoms with Gasteiger partial charge in [-0.05, 0) is 52.0 Å². The molecule has 156 valence electrons. The number of carbonyl (C=O) groups is 1. The van der Waals surface area contributed by atoms with Gasteiger partial charge in [0.05, 0.1) is 23.2 Å². The van der Waals surface area contributed by atoms with Crippen LogP contribution < -0.4 is 5.32 Å². The molecule has 5 aromatic rings. The quantitative estimate of drug-likeness (QED) is 0.347. The van der Waals surface area contributed by atoms with Gasteiger partial charge in [-0.2, -0.15) is 0 Å². The van der Waals surface area contributed by atoms with Gasteiger partial charge < -0.3 is 5.32 Å². The second-order valence-corrected chi connectivity index (χ2v) is 8.29. The molecule has 0 saturated carbocycles. The molecule has 0 aliphatic carbocycles. The van der Waals surface area contributed by atoms with Gasteiger partial charge in [0.25, 0.3) is 0 Å². The van der Waals surface area contributed by atoms with E-state index in [9.17, 15) is 9.18 Å². The first kappa shape index (κ1) is 20.0. The van der Waals surface area contributed by atoms with Crippen molar-refractivity contribution in [1.29, 1.82) is 0 Å². The molecular weight excluding hydrogens is 421 g/mol. The third kappa shape index (κ3) is 4.26. The first-order valence-corrected chi connectivity index (χ1v) is 11.0. The van der Waals surface area contributed by atoms with E-state index in [-0.39, 0.29) is 18.1 Å². The van der Waals surface area contributed by atoms with Crippen molar-refractivity contribution in [2.75, 3.05) is 5.32 Å². The van der Waals surface area contributed by atoms with Crippen LogP contribution in [0.2, 0.25) is 0 Å². The fourth-order valence-corrected chi connectivity index (χ4v) is 4.25. The fourth-order valence-electron chi connectivity index (χ4n) is 3.54. The lowest BCUT2D eigenvalue weighted by Gasteiger charge is -2.11. The van der Waals surface area contributed by atoms with Crippen LogP contribution >= 0.6 is 11.3 Å². The molecular formula is C26H18FN3OS. The zero-order valence-electron chi connectivity index (χ0n) is 17.0. The highest BCUT2D eigenvalue weighted by atomic mass is 32.1. The number of carbonyl (C=O) groups excluding carboxylic acids is 1. The van der Waals surface area contributed by atoms with Gasteiger partial charge in [0.1, 0.15) is 11.5 Å². The highest BCUT2D eigenvalue weighted by Gasteiger charge is 2.15. The van der Waals surface area contributed by atoms with Crippen LogP contribution in [0.4, 0.5) is 10.2 Å². The van der Waals surface area contributed by atoms with Gasteiger partial charge in [-0.1, -0.05) is 48.5 Å². The molecule has 6 heteroatoms. The van der Waals surface area contributed by atoms with Crippen molar-refractivity contribution >= 4 is 33.8 Å². The molecule has 0 fully saturated rings. The van der Waals surface area contributed by atoms with Crippen LogP contribution in [0.25, 0.3) is 32.6 Å². The van der Waals surface area contributed by atoms with Gasteiger partial charge in [-0.25, -0.2) is 14.4 Å². The van der Waals surface area contributed by atoms with E-state index in [2.05, 4.69) is 10.3 Å². The normalized spacial score (nSPS) is 10.9. The minimum Gasteiger partial charge on any atom is -0.309 e. The number of hydrogen-bond donors (Lipinski definition) is 1. The predicted molar refractivity (Wildman–Crippen MR) is 127 cm³/mol. The summed E-state index contributed by atoms with van der Waals surface area (Å²) in [6.45, 7) is 0. The van der Waals surface area contributed by atoms with Crippen LogP contribution in [0.15, 0.2) is 90.4 Å². The van der Waals surface area contributed by atoms with Gasteiger partial charge in [-0.3, -0.25) is 4.79 Å². The number of benzene rings is 3. The lowest BCUT2D eigenvalue weighted by molar-refractivity contribution is -0.115. The summed E-state index contributed by atoms with van der Waals surface area (Å²) in [6.07, 6.45) is 1.83. The number of thiophene rings is 1. The Morgan fingerprint density at radius 2 is 1.75 bits per heavy atom. The van der Waals surface area contributed by atoms with Gasteiger partial charge in [0, 0.05) is 5.56 Å². The molecule has 0 atom stereocenters. The third-order valence-corrected chi connectivity index (χ3v) is 5.98. The number of halogens is 1. The van der Waals surface area contributed by atoms with Crippen molar-refractivity contribution in [3.63, 3.8) is 0 Å². The molecule has 0 radical (unpaired) electrons. The third-order valence-electron chi connectivity index (χ3n) is 5.10. The van der Waals surface area contributed by atoms with E-state index in [0.717, 1.165) is 26.8 Å². The van der Waals surface area contributed by atoms with Crippen molar-refractivity contribution in [2.45, 2.75) is 6.42 Å². The van der Waals surface area contributed by atoms with E-state index < -0.39 is 0 Å². The molecule has 32 heavy (non-hydrogen) atoms. The number of amides is 1. The number of anilines is 1. The van der Waals surface area contributed by atoms with Crippen LogP contribution in [0, 0.1) is 5.82 Å². The largest absolute Gasteiger partial charge is 0.309 e. The van der Waals surface area contributed by atoms with Gasteiger partial charge in [-0.15, -0.1) is 11.3 Å². The van der Waals surface area contributed by atoms with E-state index >= 15 is 0 Å². The molecule has 0 unspecified atom stereocenters. The summed E-state index contributed by atoms with van der Waals surface area (Å²) in [6, 6.07) is 24.0. The molecule has 1 N–H and O–H groups in total. The molecule has 5 rings (SSSR count). The summed E-state index contributed by atoms with van der Waals surface area (Å²) >= 11 is 1.52. The Labute approximate surface area is 188 Å². The highest BCUT2D eigenvalue weighted by molar-refractivity contribution is 7.13. The van der Waals surface area contributed by atoms with Crippen molar-refractivity contribution < 1.29 is 9.18 Å². The molecule has 0 aliphatic rings. The number of nitrogens with one attached hydrogen (secondary N) is 1. The van der Waals surface area contributed by atoms with Crippen LogP contribution in [-0.2, 0) is 11.2 Å². The van der Waals surface area contributed by atoms with Crippen LogP contribution in [0.5, 0.6) is 0 Å². The molecule has 4 nitrogen and oxygen atoms in total. The number of rotatable bonds is 5. The van der Waals surface area contributed by atoms with Gasteiger partial charge >= 0.3 is 0 Å². The number of nitrogens with zero attached hydrogens (tertiary/aromatic N) is 2. The predicted octanol–water partition coefficient (Wildman–Crippen LogP) is 6.35. The van der Waals surface area contributed by atoms with E-state index in [1.165, 1.54) is 23.5 Å². The van der Waals surface area contributed by atoms with E-state index in [4.69, 9.17) is 4.98 Å². The number of aromatic nitrogens is 2. The average Bonchev–Trinajstić information content (AvgIpc) is 3.35. The Bertz CT molecular complexity index is 1400. The van der Waals surface area contributed by atoms with Gasteiger partial charge in [0.2, 0.25) is 5.91 Å². The summed E-state index contributed by atoms with van der Waals surface area (Å²) in [5.74, 6) is -0.0659. The van der Waals surface area contributed by atoms with Crippen LogP contribution in [0.3, 0.4) is 0 Å². The summed E-state index contributed by atoms with van der Waals surface area (Å²) in [4.78, 5) is 22.9. The first-order chi connectivity index (χ1) is 15.7. The minimum absolute atomic E-state index is 0.165. The smallest absolute Gasteiger partial charge is 0.230 e. The molecule has 0 spiro atoms. The molecule has 2 aromatic heterocycles. The topological polar surface area (TPSA) is 54.9 Å². The Hall–Kier alpha value is -3.90. The molecule has 2 heterocycles. The monoisotopic (exact) mass is 439 g/mol. The lowest BCUT2D eigenvalue weighted by Crippen LogP contribution is -2.16. The van der Waals surface area contributed by atoms with Crippen molar-refractivity contribution in [1.82, 2.24) is 9.97 Å². The molecule has 0 saturated heterocycles. The number of hydrogen-bond acceptors (Lipinski definition) is 4. The SMILES string of the molecule is O=C(Cc1ccc2ccccc2c1)Nc1ncc(-c2ccc(F)cc2)nc1-c1cccs1. The summed E-state index contributed by atoms with van der Waals surface area (Å²) < 4.78 is 13.3. The Morgan fingerprint density at radius 3 is 2.53 bits per heavy atom. The Kier molecular flexibility index (Phi) is 5.44. The molecule has 1 amide bonds. The summed E-state index contributed by atoms with van der Waals surface area (Å²) in [7, 11) is 0. The average molecular weight is 440 g/mol. The van der Waals surface area contributed by atoms with Gasteiger partial charge in [0.15, 0.2) is 5.82 Å². The fraction of sp³-hybridized carbons (Fsp3) is 0.0385. The second-order valence-electron chi connectivity index (χ2n) is 7.34. The Balaban J connectivity index is 1.42. The van der Waals surface area contributed by atoms with Crippen LogP contribution in [-0.4, -0.2) is 15.9 Å². The van der Waals surface area contributed by atoms with E-state index in [1.54, 1.807) is 18.3 Å². The van der Waals surface area contributed by atoms with E-state index in [1.807, 2.05) is 60.0 Å². The maximum Gasteiger partial charge on any atom is 0.230 e. The number of fused-ring (bicyclic) bond motifs is 1. The van der Waals surface area contributed by atoms with Crippen LogP contribution in [0.1, 0.15) is 5.56 Å². The molecule has 0 aliphatic heterocycles. The Morgan fingerprint density at radius 1 is 0.938 bits per heavy atom. The maximum atomic E-state index is 13.3. The highest BCUT2D eigenvalue weighted by Crippen LogP contribution is 2.31. The zero-order chi connectivity index (χ0) is 21.9.